The Kier molecular flexibility index (Phi) is 6.36. The van der Waals surface area contributed by atoms with Crippen molar-refractivity contribution in [1.82, 2.24) is 4.90 Å². The lowest BCUT2D eigenvalue weighted by Gasteiger charge is -2.26. The van der Waals surface area contributed by atoms with Gasteiger partial charge in [-0.2, -0.15) is 0 Å². The van der Waals surface area contributed by atoms with Gasteiger partial charge < -0.3 is 9.64 Å². The van der Waals surface area contributed by atoms with Crippen LogP contribution >= 0.6 is 11.6 Å². The van der Waals surface area contributed by atoms with Crippen LogP contribution in [0.5, 0.6) is 5.75 Å². The molecule has 0 aliphatic carbocycles. The highest BCUT2D eigenvalue weighted by Gasteiger charge is 2.27. The van der Waals surface area contributed by atoms with Crippen molar-refractivity contribution in [3.63, 3.8) is 0 Å². The molecule has 2 aromatic rings. The van der Waals surface area contributed by atoms with Gasteiger partial charge in [-0.15, -0.1) is 0 Å². The van der Waals surface area contributed by atoms with Crippen molar-refractivity contribution in [3.8, 4) is 5.75 Å². The van der Waals surface area contributed by atoms with Crippen LogP contribution in [0.25, 0.3) is 0 Å². The van der Waals surface area contributed by atoms with Gasteiger partial charge in [-0.3, -0.25) is 14.9 Å². The lowest BCUT2D eigenvalue weighted by Crippen LogP contribution is -2.37. The summed E-state index contributed by atoms with van der Waals surface area (Å²) in [6.07, 6.45) is -0.875. The summed E-state index contributed by atoms with van der Waals surface area (Å²) in [5.74, 6) is 0.0345. The number of carbonyl (C=O) groups is 1. The molecule has 0 aliphatic rings. The molecule has 2 aromatic carbocycles. The molecule has 1 amide bonds. The van der Waals surface area contributed by atoms with Gasteiger partial charge in [0.25, 0.3) is 11.6 Å². The van der Waals surface area contributed by atoms with Crippen molar-refractivity contribution >= 4 is 23.2 Å². The van der Waals surface area contributed by atoms with E-state index in [-0.39, 0.29) is 22.4 Å². The normalized spacial score (nSPS) is 11.6. The first-order valence-electron chi connectivity index (χ1n) is 7.92. The van der Waals surface area contributed by atoms with E-state index in [4.69, 9.17) is 16.3 Å². The largest absolute Gasteiger partial charge is 0.474 e. The molecule has 0 radical (unpaired) electrons. The van der Waals surface area contributed by atoms with E-state index in [1.807, 2.05) is 32.0 Å². The number of benzene rings is 2. The zero-order valence-corrected chi connectivity index (χ0v) is 14.8. The van der Waals surface area contributed by atoms with Crippen LogP contribution in [0.1, 0.15) is 25.5 Å². The fourth-order valence-corrected chi connectivity index (χ4v) is 2.64. The fraction of sp³-hybridized carbons (Fsp3) is 0.278. The summed E-state index contributed by atoms with van der Waals surface area (Å²) in [4.78, 5) is 24.8. The van der Waals surface area contributed by atoms with Crippen molar-refractivity contribution in [3.05, 3.63) is 69.2 Å². The maximum absolute atomic E-state index is 12.8. The highest BCUT2D eigenvalue weighted by atomic mass is 35.5. The molecule has 0 N–H and O–H groups in total. The number of nitro benzene ring substituents is 1. The number of ether oxygens (including phenoxy) is 1. The van der Waals surface area contributed by atoms with Crippen LogP contribution in [0.4, 0.5) is 5.69 Å². The molecule has 25 heavy (non-hydrogen) atoms. The molecule has 0 heterocycles. The Labute approximate surface area is 151 Å². The molecule has 0 unspecified atom stereocenters. The van der Waals surface area contributed by atoms with Crippen molar-refractivity contribution < 1.29 is 14.5 Å². The molecule has 0 bridgehead atoms. The maximum Gasteiger partial charge on any atom is 0.271 e. The van der Waals surface area contributed by atoms with Crippen molar-refractivity contribution in [1.29, 1.82) is 0 Å². The second-order valence-corrected chi connectivity index (χ2v) is 5.70. The fourth-order valence-electron chi connectivity index (χ4n) is 2.42. The summed E-state index contributed by atoms with van der Waals surface area (Å²) >= 11 is 6.10. The topological polar surface area (TPSA) is 72.7 Å². The molecular weight excluding hydrogens is 344 g/mol. The van der Waals surface area contributed by atoms with Crippen LogP contribution in [0, 0.1) is 10.1 Å². The minimum absolute atomic E-state index is 0.0856. The standard InChI is InChI=1S/C18H19ClN2O4/c1-3-20(4-2)18(22)17(13-8-6-5-7-9-13)25-16-11-10-14(21(23)24)12-15(16)19/h5-12,17H,3-4H2,1-2H3/t17-/m1/s1. The quantitative estimate of drug-likeness (QED) is 0.545. The third kappa shape index (κ3) is 4.48. The zero-order valence-electron chi connectivity index (χ0n) is 14.0. The summed E-state index contributed by atoms with van der Waals surface area (Å²) < 4.78 is 5.87. The van der Waals surface area contributed by atoms with Gasteiger partial charge in [0.2, 0.25) is 6.10 Å². The van der Waals surface area contributed by atoms with Crippen LogP contribution in [0.3, 0.4) is 0 Å². The number of hydrogen-bond donors (Lipinski definition) is 0. The van der Waals surface area contributed by atoms with E-state index in [1.165, 1.54) is 18.2 Å². The summed E-state index contributed by atoms with van der Waals surface area (Å²) in [6.45, 7) is 4.89. The smallest absolute Gasteiger partial charge is 0.271 e. The first kappa shape index (κ1) is 18.7. The number of non-ortho nitro benzene ring substituents is 1. The number of amides is 1. The summed E-state index contributed by atoms with van der Waals surface area (Å²) in [5.41, 5.74) is 0.553. The Morgan fingerprint density at radius 2 is 1.84 bits per heavy atom. The molecule has 0 aliphatic heterocycles. The van der Waals surface area contributed by atoms with Gasteiger partial charge in [0, 0.05) is 30.8 Å². The summed E-state index contributed by atoms with van der Waals surface area (Å²) in [6, 6.07) is 13.0. The Bertz CT molecular complexity index is 748. The molecule has 6 nitrogen and oxygen atoms in total. The minimum atomic E-state index is -0.875. The number of nitrogens with zero attached hydrogens (tertiary/aromatic N) is 2. The predicted molar refractivity (Wildman–Crippen MR) is 95.8 cm³/mol. The van der Waals surface area contributed by atoms with Crippen LogP contribution in [0.2, 0.25) is 5.02 Å². The molecular formula is C18H19ClN2O4. The average Bonchev–Trinajstić information content (AvgIpc) is 2.62. The molecule has 7 heteroatoms. The van der Waals surface area contributed by atoms with Crippen molar-refractivity contribution in [2.45, 2.75) is 20.0 Å². The van der Waals surface area contributed by atoms with E-state index in [0.29, 0.717) is 18.7 Å². The lowest BCUT2D eigenvalue weighted by atomic mass is 10.1. The van der Waals surface area contributed by atoms with E-state index < -0.39 is 11.0 Å². The van der Waals surface area contributed by atoms with E-state index in [9.17, 15) is 14.9 Å². The third-order valence-electron chi connectivity index (χ3n) is 3.77. The van der Waals surface area contributed by atoms with Gasteiger partial charge in [-0.25, -0.2) is 0 Å². The number of carbonyl (C=O) groups excluding carboxylic acids is 1. The van der Waals surface area contributed by atoms with Crippen LogP contribution in [0.15, 0.2) is 48.5 Å². The molecule has 0 aromatic heterocycles. The number of rotatable bonds is 7. The zero-order chi connectivity index (χ0) is 18.4. The SMILES string of the molecule is CCN(CC)C(=O)[C@H](Oc1ccc([N+](=O)[O-])cc1Cl)c1ccccc1. The first-order valence-corrected chi connectivity index (χ1v) is 8.30. The van der Waals surface area contributed by atoms with Crippen LogP contribution in [-0.2, 0) is 4.79 Å². The molecule has 132 valence electrons. The monoisotopic (exact) mass is 362 g/mol. The van der Waals surface area contributed by atoms with Gasteiger partial charge in [-0.05, 0) is 19.9 Å². The molecule has 0 saturated carbocycles. The maximum atomic E-state index is 12.8. The Morgan fingerprint density at radius 3 is 2.36 bits per heavy atom. The van der Waals surface area contributed by atoms with E-state index in [2.05, 4.69) is 0 Å². The van der Waals surface area contributed by atoms with E-state index in [0.717, 1.165) is 0 Å². The van der Waals surface area contributed by atoms with Gasteiger partial charge in [0.1, 0.15) is 5.75 Å². The number of hydrogen-bond acceptors (Lipinski definition) is 4. The van der Waals surface area contributed by atoms with Crippen LogP contribution < -0.4 is 4.74 Å². The second kappa shape index (κ2) is 8.48. The Balaban J connectivity index is 2.37. The van der Waals surface area contributed by atoms with Gasteiger partial charge in [0.15, 0.2) is 0 Å². The number of nitro groups is 1. The second-order valence-electron chi connectivity index (χ2n) is 5.29. The number of halogens is 1. The molecule has 0 saturated heterocycles. The highest BCUT2D eigenvalue weighted by Crippen LogP contribution is 2.33. The first-order chi connectivity index (χ1) is 12.0. The van der Waals surface area contributed by atoms with Gasteiger partial charge in [-0.1, -0.05) is 41.9 Å². The predicted octanol–water partition coefficient (Wildman–Crippen LogP) is 4.24. The van der Waals surface area contributed by atoms with Gasteiger partial charge in [0.05, 0.1) is 9.95 Å². The summed E-state index contributed by atoms with van der Waals surface area (Å²) in [7, 11) is 0. The van der Waals surface area contributed by atoms with Crippen molar-refractivity contribution in [2.75, 3.05) is 13.1 Å². The average molecular weight is 363 g/mol. The van der Waals surface area contributed by atoms with E-state index in [1.54, 1.807) is 17.0 Å². The molecule has 0 fully saturated rings. The third-order valence-corrected chi connectivity index (χ3v) is 4.07. The van der Waals surface area contributed by atoms with Crippen LogP contribution in [-0.4, -0.2) is 28.8 Å². The van der Waals surface area contributed by atoms with Gasteiger partial charge >= 0.3 is 0 Å². The Hall–Kier alpha value is -2.60. The Morgan fingerprint density at radius 1 is 1.20 bits per heavy atom. The number of likely N-dealkylation sites (N-methyl/N-ethyl adjacent to an activating group) is 1. The highest BCUT2D eigenvalue weighted by molar-refractivity contribution is 6.32. The lowest BCUT2D eigenvalue weighted by molar-refractivity contribution is -0.384. The summed E-state index contributed by atoms with van der Waals surface area (Å²) in [5, 5.41) is 10.9. The molecule has 1 atom stereocenters. The van der Waals surface area contributed by atoms with E-state index >= 15 is 0 Å². The molecule has 2 rings (SSSR count). The minimum Gasteiger partial charge on any atom is -0.474 e. The molecule has 0 spiro atoms. The van der Waals surface area contributed by atoms with Crippen molar-refractivity contribution in [2.24, 2.45) is 0 Å².